The summed E-state index contributed by atoms with van der Waals surface area (Å²) in [7, 11) is 0. The predicted molar refractivity (Wildman–Crippen MR) is 110 cm³/mol. The van der Waals surface area contributed by atoms with Gasteiger partial charge in [0.2, 0.25) is 5.91 Å². The van der Waals surface area contributed by atoms with Crippen molar-refractivity contribution >= 4 is 27.5 Å². The number of hydrogen-bond acceptors (Lipinski definition) is 4. The minimum atomic E-state index is -0.266. The smallest absolute Gasteiger partial charge is 0.241 e. The van der Waals surface area contributed by atoms with Crippen molar-refractivity contribution in [2.75, 3.05) is 31.6 Å². The van der Waals surface area contributed by atoms with Crippen LogP contribution in [0.4, 0.5) is 5.69 Å². The summed E-state index contributed by atoms with van der Waals surface area (Å²) in [6.45, 7) is 6.42. The van der Waals surface area contributed by atoms with E-state index >= 15 is 0 Å². The number of halogens is 1. The van der Waals surface area contributed by atoms with Crippen LogP contribution in [0.5, 0.6) is 5.75 Å². The summed E-state index contributed by atoms with van der Waals surface area (Å²) in [5.41, 5.74) is 1.82. The summed E-state index contributed by atoms with van der Waals surface area (Å²) in [5.74, 6) is 0.645. The lowest BCUT2D eigenvalue weighted by molar-refractivity contribution is -0.124. The van der Waals surface area contributed by atoms with Gasteiger partial charge in [-0.3, -0.25) is 9.69 Å². The molecule has 2 aromatic rings. The monoisotopic (exact) mass is 432 g/mol. The maximum absolute atomic E-state index is 12.8. The largest absolute Gasteiger partial charge is 0.492 e. The summed E-state index contributed by atoms with van der Waals surface area (Å²) < 4.78 is 12.6. The normalized spacial score (nSPS) is 18.7. The fourth-order valence-corrected chi connectivity index (χ4v) is 3.60. The molecule has 0 aliphatic carbocycles. The Labute approximate surface area is 168 Å². The lowest BCUT2D eigenvalue weighted by Crippen LogP contribution is -2.48. The number of benzene rings is 2. The number of carbonyl (C=O) groups excluding carboxylic acids is 1. The second-order valence-corrected chi connectivity index (χ2v) is 7.42. The first-order valence-corrected chi connectivity index (χ1v) is 10.0. The Balaban J connectivity index is 1.66. The molecule has 1 aliphatic heterocycles. The molecule has 0 radical (unpaired) electrons. The van der Waals surface area contributed by atoms with Crippen LogP contribution in [0.1, 0.15) is 25.5 Å². The summed E-state index contributed by atoms with van der Waals surface area (Å²) in [6.07, 6.45) is -0.0396. The molecule has 2 aromatic carbocycles. The Morgan fingerprint density at radius 1 is 1.33 bits per heavy atom. The molecule has 3 rings (SSSR count). The fourth-order valence-electron chi connectivity index (χ4n) is 3.18. The van der Waals surface area contributed by atoms with Crippen LogP contribution in [0.25, 0.3) is 0 Å². The molecule has 144 valence electrons. The third-order valence-corrected chi connectivity index (χ3v) is 5.18. The highest BCUT2D eigenvalue weighted by molar-refractivity contribution is 9.10. The summed E-state index contributed by atoms with van der Waals surface area (Å²) in [4.78, 5) is 15.0. The molecule has 0 saturated carbocycles. The Morgan fingerprint density at radius 3 is 2.93 bits per heavy atom. The maximum atomic E-state index is 12.8. The van der Waals surface area contributed by atoms with Gasteiger partial charge in [0.05, 0.1) is 31.0 Å². The van der Waals surface area contributed by atoms with Crippen molar-refractivity contribution in [3.8, 4) is 5.75 Å². The molecule has 6 heteroatoms. The standard InChI is InChI=1S/C21H25BrN2O3/c1-3-26-19-10-5-4-9-18(19)23-21(25)15(2)24-11-12-27-20(14-24)16-7-6-8-17(22)13-16/h4-10,13,15,20H,3,11-12,14H2,1-2H3,(H,23,25). The number of rotatable bonds is 6. The van der Waals surface area contributed by atoms with Gasteiger partial charge in [0, 0.05) is 17.6 Å². The van der Waals surface area contributed by atoms with Crippen molar-refractivity contribution < 1.29 is 14.3 Å². The Hall–Kier alpha value is -1.89. The molecule has 1 aliphatic rings. The highest BCUT2D eigenvalue weighted by Gasteiger charge is 2.29. The van der Waals surface area contributed by atoms with Crippen LogP contribution in [0.3, 0.4) is 0 Å². The number of nitrogens with one attached hydrogen (secondary N) is 1. The lowest BCUT2D eigenvalue weighted by atomic mass is 10.1. The van der Waals surface area contributed by atoms with E-state index in [1.54, 1.807) is 0 Å². The molecule has 1 heterocycles. The molecule has 5 nitrogen and oxygen atoms in total. The molecule has 1 amide bonds. The molecular formula is C21H25BrN2O3. The molecule has 2 unspecified atom stereocenters. The van der Waals surface area contributed by atoms with E-state index < -0.39 is 0 Å². The van der Waals surface area contributed by atoms with Gasteiger partial charge in [-0.05, 0) is 43.7 Å². The van der Waals surface area contributed by atoms with Gasteiger partial charge in [0.15, 0.2) is 0 Å². The van der Waals surface area contributed by atoms with Crippen LogP contribution in [0.15, 0.2) is 53.0 Å². The first-order valence-electron chi connectivity index (χ1n) is 9.22. The van der Waals surface area contributed by atoms with Crippen LogP contribution in [0, 0.1) is 0 Å². The van der Waals surface area contributed by atoms with E-state index in [1.807, 2.05) is 50.2 Å². The van der Waals surface area contributed by atoms with Crippen LogP contribution in [-0.2, 0) is 9.53 Å². The summed E-state index contributed by atoms with van der Waals surface area (Å²) >= 11 is 3.51. The van der Waals surface area contributed by atoms with E-state index in [9.17, 15) is 4.79 Å². The van der Waals surface area contributed by atoms with E-state index in [1.165, 1.54) is 0 Å². The zero-order chi connectivity index (χ0) is 19.2. The van der Waals surface area contributed by atoms with Crippen molar-refractivity contribution in [3.63, 3.8) is 0 Å². The highest BCUT2D eigenvalue weighted by atomic mass is 79.9. The Morgan fingerprint density at radius 2 is 2.15 bits per heavy atom. The summed E-state index contributed by atoms with van der Waals surface area (Å²) in [5, 5.41) is 3.00. The third-order valence-electron chi connectivity index (χ3n) is 4.69. The number of hydrogen-bond donors (Lipinski definition) is 1. The van der Waals surface area contributed by atoms with Gasteiger partial charge in [0.25, 0.3) is 0 Å². The van der Waals surface area contributed by atoms with Gasteiger partial charge in [0.1, 0.15) is 5.75 Å². The Kier molecular flexibility index (Phi) is 6.88. The number of para-hydroxylation sites is 2. The average Bonchev–Trinajstić information content (AvgIpc) is 2.69. The first-order chi connectivity index (χ1) is 13.1. The van der Waals surface area contributed by atoms with Gasteiger partial charge in [-0.1, -0.05) is 40.2 Å². The minimum Gasteiger partial charge on any atom is -0.492 e. The van der Waals surface area contributed by atoms with E-state index in [2.05, 4.69) is 38.3 Å². The first kappa shape index (κ1) is 19.9. The molecule has 27 heavy (non-hydrogen) atoms. The molecule has 0 bridgehead atoms. The van der Waals surface area contributed by atoms with Gasteiger partial charge in [-0.25, -0.2) is 0 Å². The fraction of sp³-hybridized carbons (Fsp3) is 0.381. The minimum absolute atomic E-state index is 0.0396. The number of carbonyl (C=O) groups is 1. The second kappa shape index (κ2) is 9.35. The Bertz CT molecular complexity index is 784. The van der Waals surface area contributed by atoms with Crippen LogP contribution in [0.2, 0.25) is 0 Å². The van der Waals surface area contributed by atoms with Gasteiger partial charge in [-0.15, -0.1) is 0 Å². The van der Waals surface area contributed by atoms with Crippen molar-refractivity contribution in [3.05, 3.63) is 58.6 Å². The SMILES string of the molecule is CCOc1ccccc1NC(=O)C(C)N1CCOC(c2cccc(Br)c2)C1. The highest BCUT2D eigenvalue weighted by Crippen LogP contribution is 2.27. The molecule has 0 spiro atoms. The number of morpholine rings is 1. The second-order valence-electron chi connectivity index (χ2n) is 6.50. The van der Waals surface area contributed by atoms with E-state index in [4.69, 9.17) is 9.47 Å². The van der Waals surface area contributed by atoms with E-state index in [0.29, 0.717) is 31.2 Å². The molecule has 1 N–H and O–H groups in total. The van der Waals surface area contributed by atoms with Crippen molar-refractivity contribution in [1.82, 2.24) is 4.90 Å². The van der Waals surface area contributed by atoms with Crippen LogP contribution < -0.4 is 10.1 Å². The van der Waals surface area contributed by atoms with Gasteiger partial charge < -0.3 is 14.8 Å². The predicted octanol–water partition coefficient (Wildman–Crippen LogP) is 4.25. The van der Waals surface area contributed by atoms with E-state index in [0.717, 1.165) is 16.6 Å². The van der Waals surface area contributed by atoms with Crippen LogP contribution >= 0.6 is 15.9 Å². The quantitative estimate of drug-likeness (QED) is 0.740. The zero-order valence-electron chi connectivity index (χ0n) is 15.7. The maximum Gasteiger partial charge on any atom is 0.241 e. The molecular weight excluding hydrogens is 408 g/mol. The molecule has 0 aromatic heterocycles. The molecule has 2 atom stereocenters. The summed E-state index contributed by atoms with van der Waals surface area (Å²) in [6, 6.07) is 15.4. The average molecular weight is 433 g/mol. The van der Waals surface area contributed by atoms with Crippen molar-refractivity contribution in [2.24, 2.45) is 0 Å². The number of anilines is 1. The number of amides is 1. The third kappa shape index (κ3) is 5.09. The van der Waals surface area contributed by atoms with Gasteiger partial charge in [-0.2, -0.15) is 0 Å². The zero-order valence-corrected chi connectivity index (χ0v) is 17.2. The number of nitrogens with zero attached hydrogens (tertiary/aromatic N) is 1. The van der Waals surface area contributed by atoms with Gasteiger partial charge >= 0.3 is 0 Å². The lowest BCUT2D eigenvalue weighted by Gasteiger charge is -2.36. The number of ether oxygens (including phenoxy) is 2. The molecule has 1 saturated heterocycles. The van der Waals surface area contributed by atoms with E-state index in [-0.39, 0.29) is 18.1 Å². The van der Waals surface area contributed by atoms with Crippen molar-refractivity contribution in [2.45, 2.75) is 26.0 Å². The topological polar surface area (TPSA) is 50.8 Å². The molecule has 1 fully saturated rings. The van der Waals surface area contributed by atoms with Crippen LogP contribution in [-0.4, -0.2) is 43.2 Å². The van der Waals surface area contributed by atoms with Crippen molar-refractivity contribution in [1.29, 1.82) is 0 Å².